The van der Waals surface area contributed by atoms with E-state index in [1.54, 1.807) is 30.5 Å². The molecule has 180 valence electrons. The molecule has 1 fully saturated rings. The van der Waals surface area contributed by atoms with Gasteiger partial charge in [-0.1, -0.05) is 6.07 Å². The molecule has 2 aromatic heterocycles. The Morgan fingerprint density at radius 3 is 2.29 bits per heavy atom. The summed E-state index contributed by atoms with van der Waals surface area (Å²) in [6.45, 7) is 8.46. The summed E-state index contributed by atoms with van der Waals surface area (Å²) in [6, 6.07) is 12.2. The van der Waals surface area contributed by atoms with Crippen molar-refractivity contribution < 1.29 is 9.50 Å². The molecule has 3 N–H and O–H groups in total. The third-order valence-corrected chi connectivity index (χ3v) is 6.27. The molecule has 1 saturated heterocycles. The maximum absolute atomic E-state index is 13.5. The highest BCUT2D eigenvalue weighted by Crippen LogP contribution is 2.35. The Morgan fingerprint density at radius 2 is 1.74 bits per heavy atom. The highest BCUT2D eigenvalue weighted by atomic mass is 19.1. The molecule has 0 aliphatic carbocycles. The zero-order valence-corrected chi connectivity index (χ0v) is 20.1. The fraction of sp³-hybridized carbons (Fsp3) is 0.423. The number of rotatable bonds is 6. The number of hydrogen-bond acceptors (Lipinski definition) is 6. The van der Waals surface area contributed by atoms with Crippen LogP contribution in [-0.2, 0) is 0 Å². The number of pyridine rings is 1. The van der Waals surface area contributed by atoms with E-state index in [0.717, 1.165) is 24.0 Å². The third-order valence-electron chi connectivity index (χ3n) is 6.27. The van der Waals surface area contributed by atoms with Gasteiger partial charge in [0.1, 0.15) is 12.4 Å². The number of alkyl halides is 1. The number of H-pyrrole nitrogens is 1. The molecule has 0 bridgehead atoms. The molecule has 3 heterocycles. The van der Waals surface area contributed by atoms with Crippen LogP contribution in [0.1, 0.15) is 40.5 Å². The number of halogens is 1. The minimum atomic E-state index is -0.471. The number of aromatic nitrogens is 3. The summed E-state index contributed by atoms with van der Waals surface area (Å²) in [5.41, 5.74) is 2.30. The van der Waals surface area contributed by atoms with E-state index in [4.69, 9.17) is 0 Å². The fourth-order valence-electron chi connectivity index (χ4n) is 5.20. The average Bonchev–Trinajstić information content (AvgIpc) is 2.76. The Hall–Kier alpha value is -3.26. The lowest BCUT2D eigenvalue weighted by molar-refractivity contribution is 0.157. The van der Waals surface area contributed by atoms with E-state index >= 15 is 0 Å². The number of piperidine rings is 1. The highest BCUT2D eigenvalue weighted by molar-refractivity contribution is 5.74. The molecule has 7 nitrogen and oxygen atoms in total. The summed E-state index contributed by atoms with van der Waals surface area (Å²) in [5, 5.41) is 23.1. The van der Waals surface area contributed by atoms with Gasteiger partial charge in [0.15, 0.2) is 5.82 Å². The molecule has 0 radical (unpaired) electrons. The number of phenols is 1. The van der Waals surface area contributed by atoms with Crippen molar-refractivity contribution in [3.8, 4) is 28.1 Å². The molecule has 0 unspecified atom stereocenters. The number of benzene rings is 1. The van der Waals surface area contributed by atoms with Gasteiger partial charge in [-0.15, -0.1) is 10.2 Å². The van der Waals surface area contributed by atoms with E-state index in [2.05, 4.69) is 48.2 Å². The van der Waals surface area contributed by atoms with Crippen LogP contribution in [0.15, 0.2) is 53.5 Å². The summed E-state index contributed by atoms with van der Waals surface area (Å²) >= 11 is 0. The topological polar surface area (TPSA) is 94.1 Å². The Morgan fingerprint density at radius 1 is 1.03 bits per heavy atom. The first-order valence-electron chi connectivity index (χ1n) is 11.6. The number of aromatic hydroxyl groups is 1. The van der Waals surface area contributed by atoms with Crippen molar-refractivity contribution in [1.82, 2.24) is 20.5 Å². The van der Waals surface area contributed by atoms with E-state index in [0.29, 0.717) is 17.1 Å². The van der Waals surface area contributed by atoms with E-state index in [1.165, 1.54) is 6.07 Å². The number of aromatic amines is 1. The van der Waals surface area contributed by atoms with Crippen LogP contribution in [0.3, 0.4) is 0 Å². The molecule has 0 amide bonds. The molecule has 1 aromatic carbocycles. The molecule has 0 spiro atoms. The monoisotopic (exact) mass is 465 g/mol. The van der Waals surface area contributed by atoms with Crippen molar-refractivity contribution >= 4 is 5.82 Å². The molecule has 0 saturated carbocycles. The number of nitrogens with one attached hydrogen (secondary N) is 2. The fourth-order valence-corrected chi connectivity index (χ4v) is 5.20. The van der Waals surface area contributed by atoms with Crippen LogP contribution < -0.4 is 15.8 Å². The molecule has 34 heavy (non-hydrogen) atoms. The normalized spacial score (nSPS) is 17.4. The quantitative estimate of drug-likeness (QED) is 0.503. The van der Waals surface area contributed by atoms with Gasteiger partial charge in [0.05, 0.1) is 5.69 Å². The predicted octanol–water partition coefficient (Wildman–Crippen LogP) is 4.29. The molecule has 8 heteroatoms. The molecular weight excluding hydrogens is 433 g/mol. The summed E-state index contributed by atoms with van der Waals surface area (Å²) < 4.78 is 13.5. The average molecular weight is 466 g/mol. The third kappa shape index (κ3) is 5.28. The lowest BCUT2D eigenvalue weighted by atomic mass is 9.79. The van der Waals surface area contributed by atoms with Crippen LogP contribution >= 0.6 is 0 Å². The molecule has 4 rings (SSSR count). The van der Waals surface area contributed by atoms with Crippen molar-refractivity contribution in [1.29, 1.82) is 0 Å². The van der Waals surface area contributed by atoms with Gasteiger partial charge in [0, 0.05) is 41.5 Å². The van der Waals surface area contributed by atoms with Crippen LogP contribution in [0.2, 0.25) is 0 Å². The first-order chi connectivity index (χ1) is 16.1. The van der Waals surface area contributed by atoms with Gasteiger partial charge in [0.2, 0.25) is 5.56 Å². The molecular formula is C26H32FN5O2. The second-order valence-electron chi connectivity index (χ2n) is 10.3. The molecule has 3 aromatic rings. The van der Waals surface area contributed by atoms with E-state index in [1.807, 2.05) is 17.0 Å². The summed E-state index contributed by atoms with van der Waals surface area (Å²) in [6.07, 6.45) is 3.34. The molecule has 1 aliphatic rings. The Bertz CT molecular complexity index is 1170. The van der Waals surface area contributed by atoms with Crippen LogP contribution in [0.4, 0.5) is 10.2 Å². The maximum atomic E-state index is 13.5. The smallest absolute Gasteiger partial charge is 0.247 e. The number of nitrogens with zero attached hydrogens (tertiary/aromatic N) is 3. The predicted molar refractivity (Wildman–Crippen MR) is 133 cm³/mol. The minimum Gasteiger partial charge on any atom is -0.507 e. The Kier molecular flexibility index (Phi) is 6.45. The first kappa shape index (κ1) is 23.9. The standard InChI is InChI=1S/C26H32FN5O2/c1-25(2)14-19(15-26(3,4)31-25)32(12-11-27)23-9-8-21(29-30-23)20-7-5-17(13-22(20)33)18-6-10-24(34)28-16-18/h5-10,13,16,19,31,33H,11-12,14-15H2,1-4H3,(H,28,34). The Balaban J connectivity index is 1.59. The molecule has 1 aliphatic heterocycles. The van der Waals surface area contributed by atoms with E-state index in [9.17, 15) is 14.3 Å². The number of hydrogen-bond donors (Lipinski definition) is 3. The second kappa shape index (κ2) is 9.18. The first-order valence-corrected chi connectivity index (χ1v) is 11.6. The summed E-state index contributed by atoms with van der Waals surface area (Å²) in [7, 11) is 0. The maximum Gasteiger partial charge on any atom is 0.247 e. The number of phenolic OH excluding ortho intramolecular Hbond substituents is 1. The van der Waals surface area contributed by atoms with Gasteiger partial charge >= 0.3 is 0 Å². The summed E-state index contributed by atoms with van der Waals surface area (Å²) in [4.78, 5) is 15.9. The van der Waals surface area contributed by atoms with Crippen molar-refractivity contribution in [2.45, 2.75) is 57.7 Å². The van der Waals surface area contributed by atoms with Crippen molar-refractivity contribution in [3.63, 3.8) is 0 Å². The zero-order valence-electron chi connectivity index (χ0n) is 20.1. The van der Waals surface area contributed by atoms with Gasteiger partial charge in [-0.25, -0.2) is 4.39 Å². The van der Waals surface area contributed by atoms with E-state index < -0.39 is 6.67 Å². The van der Waals surface area contributed by atoms with Crippen molar-refractivity contribution in [3.05, 3.63) is 59.0 Å². The van der Waals surface area contributed by atoms with Crippen LogP contribution in [0.25, 0.3) is 22.4 Å². The van der Waals surface area contributed by atoms with Gasteiger partial charge in [-0.2, -0.15) is 0 Å². The lowest BCUT2D eigenvalue weighted by Gasteiger charge is -2.49. The van der Waals surface area contributed by atoms with Gasteiger partial charge in [-0.3, -0.25) is 4.79 Å². The van der Waals surface area contributed by atoms with Crippen molar-refractivity contribution in [2.24, 2.45) is 0 Å². The Labute approximate surface area is 199 Å². The SMILES string of the molecule is CC1(C)CC(N(CCF)c2ccc(-c3ccc(-c4ccc(=O)[nH]c4)cc3O)nn2)CC(C)(C)N1. The summed E-state index contributed by atoms with van der Waals surface area (Å²) in [5.74, 6) is 0.692. The van der Waals surface area contributed by atoms with Gasteiger partial charge < -0.3 is 20.3 Å². The number of anilines is 1. The van der Waals surface area contributed by atoms with Crippen LogP contribution in [-0.4, -0.2) is 50.6 Å². The lowest BCUT2D eigenvalue weighted by Crippen LogP contribution is -2.62. The van der Waals surface area contributed by atoms with Gasteiger partial charge in [-0.05, 0) is 82.0 Å². The largest absolute Gasteiger partial charge is 0.507 e. The van der Waals surface area contributed by atoms with E-state index in [-0.39, 0.29) is 35.0 Å². The highest BCUT2D eigenvalue weighted by Gasteiger charge is 2.40. The second-order valence-corrected chi connectivity index (χ2v) is 10.3. The minimum absolute atomic E-state index is 0.0632. The van der Waals surface area contributed by atoms with Crippen molar-refractivity contribution in [2.75, 3.05) is 18.1 Å². The zero-order chi connectivity index (χ0) is 24.5. The molecule has 0 atom stereocenters. The van der Waals surface area contributed by atoms with Crippen LogP contribution in [0.5, 0.6) is 5.75 Å². The van der Waals surface area contributed by atoms with Gasteiger partial charge in [0.25, 0.3) is 0 Å². The van der Waals surface area contributed by atoms with Crippen LogP contribution in [0, 0.1) is 0 Å².